The molecule has 1 aliphatic heterocycles. The molecule has 1 aromatic carbocycles. The number of nitrogens with one attached hydrogen (secondary N) is 1. The number of hydrogen-bond donors (Lipinski definition) is 1. The molecule has 1 atom stereocenters. The van der Waals surface area contributed by atoms with Gasteiger partial charge in [-0.05, 0) is 24.5 Å². The molecule has 1 unspecified atom stereocenters. The zero-order valence-corrected chi connectivity index (χ0v) is 12.1. The predicted molar refractivity (Wildman–Crippen MR) is 76.6 cm³/mol. The van der Waals surface area contributed by atoms with Gasteiger partial charge in [-0.1, -0.05) is 18.2 Å². The Morgan fingerprint density at radius 2 is 2.05 bits per heavy atom. The Hall–Kier alpha value is -1.76. The summed E-state index contributed by atoms with van der Waals surface area (Å²) in [6, 6.07) is 9.97. The molecule has 1 aliphatic rings. The van der Waals surface area contributed by atoms with Crippen LogP contribution in [0.4, 0.5) is 18.9 Å². The van der Waals surface area contributed by atoms with E-state index in [1.807, 2.05) is 30.3 Å². The summed E-state index contributed by atoms with van der Waals surface area (Å²) in [5.41, 5.74) is 1.14. The third kappa shape index (κ3) is 5.55. The summed E-state index contributed by atoms with van der Waals surface area (Å²) in [6.07, 6.45) is -3.46. The molecule has 1 amide bonds. The summed E-state index contributed by atoms with van der Waals surface area (Å²) >= 11 is 0. The molecular weight excluding hydrogens is 297 g/mol. The van der Waals surface area contributed by atoms with Crippen molar-refractivity contribution in [3.63, 3.8) is 0 Å². The fraction of sp³-hybridized carbons (Fsp3) is 0.533. The predicted octanol–water partition coefficient (Wildman–Crippen LogP) is 2.21. The van der Waals surface area contributed by atoms with Crippen molar-refractivity contribution >= 4 is 11.6 Å². The topological polar surface area (TPSA) is 41.6 Å². The average molecular weight is 316 g/mol. The van der Waals surface area contributed by atoms with Crippen molar-refractivity contribution in [3.05, 3.63) is 30.3 Å². The molecule has 1 aromatic rings. The molecule has 0 aromatic heterocycles. The number of rotatable bonds is 6. The van der Waals surface area contributed by atoms with Crippen molar-refractivity contribution in [2.75, 3.05) is 37.7 Å². The lowest BCUT2D eigenvalue weighted by molar-refractivity contribution is -0.175. The van der Waals surface area contributed by atoms with Gasteiger partial charge in [-0.3, -0.25) is 4.79 Å². The summed E-state index contributed by atoms with van der Waals surface area (Å²) in [5.74, 6) is -0.214. The lowest BCUT2D eigenvalue weighted by Crippen LogP contribution is -2.34. The van der Waals surface area contributed by atoms with Crippen LogP contribution in [0.25, 0.3) is 0 Å². The summed E-state index contributed by atoms with van der Waals surface area (Å²) in [4.78, 5) is 13.7. The molecule has 0 bridgehead atoms. The first-order valence-electron chi connectivity index (χ1n) is 7.15. The zero-order valence-electron chi connectivity index (χ0n) is 12.1. The van der Waals surface area contributed by atoms with Crippen LogP contribution in [0.2, 0.25) is 0 Å². The highest BCUT2D eigenvalue weighted by atomic mass is 19.4. The molecule has 122 valence electrons. The van der Waals surface area contributed by atoms with E-state index in [0.29, 0.717) is 12.5 Å². The summed E-state index contributed by atoms with van der Waals surface area (Å²) in [6.45, 7) is 0.237. The Labute approximate surface area is 127 Å². The normalized spacial score (nSPS) is 18.5. The van der Waals surface area contributed by atoms with Gasteiger partial charge in [0.05, 0.1) is 0 Å². The van der Waals surface area contributed by atoms with Gasteiger partial charge in [-0.25, -0.2) is 0 Å². The fourth-order valence-corrected chi connectivity index (χ4v) is 2.44. The molecule has 2 rings (SSSR count). The van der Waals surface area contributed by atoms with Crippen LogP contribution in [-0.2, 0) is 9.53 Å². The van der Waals surface area contributed by atoms with Gasteiger partial charge in [-0.2, -0.15) is 13.2 Å². The lowest BCUT2D eigenvalue weighted by Gasteiger charge is -2.18. The van der Waals surface area contributed by atoms with Crippen molar-refractivity contribution in [3.8, 4) is 0 Å². The number of hydrogen-bond acceptors (Lipinski definition) is 3. The van der Waals surface area contributed by atoms with E-state index < -0.39 is 25.3 Å². The number of carbonyl (C=O) groups is 1. The van der Waals surface area contributed by atoms with Crippen LogP contribution in [-0.4, -0.2) is 44.9 Å². The Morgan fingerprint density at radius 3 is 2.73 bits per heavy atom. The number of amides is 1. The average Bonchev–Trinajstić information content (AvgIpc) is 2.94. The van der Waals surface area contributed by atoms with Crippen molar-refractivity contribution in [1.29, 1.82) is 0 Å². The maximum absolute atomic E-state index is 11.9. The second-order valence-corrected chi connectivity index (χ2v) is 5.35. The lowest BCUT2D eigenvalue weighted by atomic mass is 10.1. The van der Waals surface area contributed by atoms with Crippen molar-refractivity contribution < 1.29 is 22.7 Å². The van der Waals surface area contributed by atoms with E-state index in [1.165, 1.54) is 0 Å². The van der Waals surface area contributed by atoms with E-state index in [1.54, 1.807) is 0 Å². The fourth-order valence-electron chi connectivity index (χ4n) is 2.44. The van der Waals surface area contributed by atoms with E-state index in [-0.39, 0.29) is 0 Å². The van der Waals surface area contributed by atoms with Gasteiger partial charge in [0.2, 0.25) is 5.91 Å². The third-order valence-electron chi connectivity index (χ3n) is 3.49. The van der Waals surface area contributed by atoms with Gasteiger partial charge in [0.25, 0.3) is 0 Å². The van der Waals surface area contributed by atoms with Crippen LogP contribution in [0.5, 0.6) is 0 Å². The van der Waals surface area contributed by atoms with Gasteiger partial charge in [-0.15, -0.1) is 0 Å². The molecule has 0 aliphatic carbocycles. The molecule has 1 saturated heterocycles. The first-order valence-corrected chi connectivity index (χ1v) is 7.15. The number of para-hydroxylation sites is 1. The first-order chi connectivity index (χ1) is 10.4. The maximum atomic E-state index is 11.9. The number of ether oxygens (including phenoxy) is 1. The van der Waals surface area contributed by atoms with Crippen LogP contribution < -0.4 is 10.2 Å². The quantitative estimate of drug-likeness (QED) is 0.875. The van der Waals surface area contributed by atoms with Gasteiger partial charge in [0.15, 0.2) is 0 Å². The Balaban J connectivity index is 1.65. The molecule has 4 nitrogen and oxygen atoms in total. The van der Waals surface area contributed by atoms with Gasteiger partial charge < -0.3 is 15.0 Å². The minimum atomic E-state index is -4.40. The third-order valence-corrected chi connectivity index (χ3v) is 3.49. The molecule has 1 N–H and O–H groups in total. The summed E-state index contributed by atoms with van der Waals surface area (Å²) in [7, 11) is 0. The van der Waals surface area contributed by atoms with Gasteiger partial charge in [0, 0.05) is 25.3 Å². The smallest absolute Gasteiger partial charge is 0.371 e. The highest BCUT2D eigenvalue weighted by Crippen LogP contribution is 2.22. The van der Waals surface area contributed by atoms with Crippen LogP contribution in [0, 0.1) is 5.92 Å². The highest BCUT2D eigenvalue weighted by Gasteiger charge is 2.28. The number of benzene rings is 1. The molecule has 0 saturated carbocycles. The monoisotopic (exact) mass is 316 g/mol. The molecular formula is C15H19F3N2O2. The highest BCUT2D eigenvalue weighted by molar-refractivity contribution is 5.77. The summed E-state index contributed by atoms with van der Waals surface area (Å²) in [5, 5.41) is 2.62. The molecule has 7 heteroatoms. The molecule has 0 radical (unpaired) electrons. The Bertz CT molecular complexity index is 479. The van der Waals surface area contributed by atoms with Crippen LogP contribution in [0.3, 0.4) is 0 Å². The van der Waals surface area contributed by atoms with Crippen LogP contribution in [0.1, 0.15) is 6.42 Å². The van der Waals surface area contributed by atoms with Crippen LogP contribution >= 0.6 is 0 Å². The Morgan fingerprint density at radius 1 is 1.32 bits per heavy atom. The minimum Gasteiger partial charge on any atom is -0.371 e. The number of carbonyl (C=O) groups excluding carboxylic acids is 1. The number of nitrogens with zero attached hydrogens (tertiary/aromatic N) is 1. The van der Waals surface area contributed by atoms with Crippen LogP contribution in [0.15, 0.2) is 30.3 Å². The number of alkyl halides is 3. The van der Waals surface area contributed by atoms with E-state index in [0.717, 1.165) is 25.2 Å². The maximum Gasteiger partial charge on any atom is 0.411 e. The van der Waals surface area contributed by atoms with Gasteiger partial charge in [0.1, 0.15) is 13.2 Å². The minimum absolute atomic E-state index is 0.298. The van der Waals surface area contributed by atoms with E-state index >= 15 is 0 Å². The first kappa shape index (κ1) is 16.6. The summed E-state index contributed by atoms with van der Waals surface area (Å²) < 4.78 is 40.0. The van der Waals surface area contributed by atoms with E-state index in [2.05, 4.69) is 15.0 Å². The van der Waals surface area contributed by atoms with Crippen molar-refractivity contribution in [2.45, 2.75) is 12.6 Å². The number of anilines is 1. The van der Waals surface area contributed by atoms with Gasteiger partial charge >= 0.3 is 6.18 Å². The Kier molecular flexibility index (Phi) is 5.65. The van der Waals surface area contributed by atoms with Crippen molar-refractivity contribution in [1.82, 2.24) is 5.32 Å². The second-order valence-electron chi connectivity index (χ2n) is 5.35. The number of halogens is 3. The standard InChI is InChI=1S/C15H19F3N2O2/c16-15(17,18)11-22-10-14(21)19-8-12-6-7-20(9-12)13-4-2-1-3-5-13/h1-5,12H,6-11H2,(H,19,21). The largest absolute Gasteiger partial charge is 0.411 e. The zero-order chi connectivity index (χ0) is 16.0. The molecule has 1 fully saturated rings. The SMILES string of the molecule is O=C(COCC(F)(F)F)NCC1CCN(c2ccccc2)C1. The van der Waals surface area contributed by atoms with E-state index in [9.17, 15) is 18.0 Å². The van der Waals surface area contributed by atoms with E-state index in [4.69, 9.17) is 0 Å². The molecule has 22 heavy (non-hydrogen) atoms. The molecule has 1 heterocycles. The van der Waals surface area contributed by atoms with Crippen molar-refractivity contribution in [2.24, 2.45) is 5.92 Å². The molecule has 0 spiro atoms. The second kappa shape index (κ2) is 7.49.